The Morgan fingerprint density at radius 2 is 1.93 bits per heavy atom. The molecule has 1 amide bonds. The van der Waals surface area contributed by atoms with Gasteiger partial charge < -0.3 is 15.0 Å². The zero-order chi connectivity index (χ0) is 21.3. The van der Waals surface area contributed by atoms with Crippen LogP contribution in [0.15, 0.2) is 30.6 Å². The largest absolute Gasteiger partial charge is 0.481 e. The lowest BCUT2D eigenvalue weighted by molar-refractivity contribution is -0.139. The Hall–Kier alpha value is -2.71. The quantitative estimate of drug-likeness (QED) is 0.805. The molecule has 3 heterocycles. The van der Waals surface area contributed by atoms with Gasteiger partial charge >= 0.3 is 0 Å². The van der Waals surface area contributed by atoms with Crippen LogP contribution in [0.3, 0.4) is 0 Å². The second kappa shape index (κ2) is 8.57. The monoisotopic (exact) mass is 419 g/mol. The van der Waals surface area contributed by atoms with E-state index < -0.39 is 18.6 Å². The molecule has 2 aliphatic rings. The van der Waals surface area contributed by atoms with Gasteiger partial charge in [-0.3, -0.25) is 4.79 Å². The molecule has 1 aromatic heterocycles. The average Bonchev–Trinajstić information content (AvgIpc) is 3.22. The second-order valence-electron chi connectivity index (χ2n) is 8.15. The fourth-order valence-electron chi connectivity index (χ4n) is 4.35. The van der Waals surface area contributed by atoms with Crippen LogP contribution in [0.25, 0.3) is 0 Å². The highest BCUT2D eigenvalue weighted by Crippen LogP contribution is 2.35. The maximum atomic E-state index is 13.5. The molecule has 3 atom stereocenters. The topological polar surface area (TPSA) is 72.3 Å². The summed E-state index contributed by atoms with van der Waals surface area (Å²) in [4.78, 5) is 18.7. The Kier molecular flexibility index (Phi) is 5.87. The van der Waals surface area contributed by atoms with Crippen molar-refractivity contribution in [3.8, 4) is 5.75 Å². The third kappa shape index (κ3) is 4.24. The van der Waals surface area contributed by atoms with E-state index in [1.54, 1.807) is 6.92 Å². The van der Waals surface area contributed by atoms with Gasteiger partial charge in [-0.25, -0.2) is 13.5 Å². The van der Waals surface area contributed by atoms with Crippen molar-refractivity contribution in [2.75, 3.05) is 18.4 Å². The molecule has 2 aliphatic heterocycles. The first-order valence-corrected chi connectivity index (χ1v) is 10.4. The van der Waals surface area contributed by atoms with Crippen LogP contribution in [0.4, 0.5) is 14.7 Å². The molecule has 0 aliphatic carbocycles. The number of anilines is 1. The maximum Gasteiger partial charge on any atom is 0.263 e. The van der Waals surface area contributed by atoms with E-state index in [2.05, 4.69) is 15.4 Å². The average molecular weight is 419 g/mol. The van der Waals surface area contributed by atoms with Gasteiger partial charge in [0.15, 0.2) is 6.10 Å². The van der Waals surface area contributed by atoms with Crippen LogP contribution < -0.4 is 10.1 Å². The number of piperidine rings is 1. The lowest BCUT2D eigenvalue weighted by atomic mass is 9.85. The first-order chi connectivity index (χ1) is 14.4. The van der Waals surface area contributed by atoms with Crippen LogP contribution >= 0.6 is 0 Å². The van der Waals surface area contributed by atoms with Crippen molar-refractivity contribution in [3.63, 3.8) is 0 Å². The molecule has 0 radical (unpaired) electrons. The van der Waals surface area contributed by atoms with Crippen LogP contribution in [0, 0.1) is 12.8 Å². The van der Waals surface area contributed by atoms with Gasteiger partial charge in [-0.05, 0) is 51.2 Å². The van der Waals surface area contributed by atoms with Gasteiger partial charge in [0.2, 0.25) is 5.95 Å². The number of hydrogen-bond donors (Lipinski definition) is 1. The highest BCUT2D eigenvalue weighted by atomic mass is 19.3. The van der Waals surface area contributed by atoms with Gasteiger partial charge in [0, 0.05) is 19.1 Å². The van der Waals surface area contributed by atoms with Crippen molar-refractivity contribution < 1.29 is 18.3 Å². The van der Waals surface area contributed by atoms with Gasteiger partial charge in [-0.15, -0.1) is 0 Å². The lowest BCUT2D eigenvalue weighted by Gasteiger charge is -2.40. The Labute approximate surface area is 174 Å². The number of amides is 1. The third-order valence-corrected chi connectivity index (χ3v) is 6.09. The standard InChI is InChI=1S/C21H27F2N5O2/c1-13-3-5-16(6-4-13)30-14(2)20(29)27-9-7-15(8-10-27)17-11-18(19(22)23)28-21(26-17)24-12-25-28/h3-6,12,14-15,17-19H,7-11H2,1-2H3,(H,24,25,26)/t14-,17-,18+/m0/s1. The Morgan fingerprint density at radius 3 is 2.60 bits per heavy atom. The molecule has 0 bridgehead atoms. The van der Waals surface area contributed by atoms with E-state index in [9.17, 15) is 13.6 Å². The molecular weight excluding hydrogens is 392 g/mol. The third-order valence-electron chi connectivity index (χ3n) is 6.09. The van der Waals surface area contributed by atoms with Crippen LogP contribution in [-0.4, -0.2) is 57.2 Å². The number of nitrogens with zero attached hydrogens (tertiary/aromatic N) is 4. The number of carbonyl (C=O) groups is 1. The zero-order valence-electron chi connectivity index (χ0n) is 17.2. The molecule has 9 heteroatoms. The highest BCUT2D eigenvalue weighted by molar-refractivity contribution is 5.81. The number of carbonyl (C=O) groups excluding carboxylic acids is 1. The number of benzene rings is 1. The fourth-order valence-corrected chi connectivity index (χ4v) is 4.35. The summed E-state index contributed by atoms with van der Waals surface area (Å²) in [7, 11) is 0. The molecule has 7 nitrogen and oxygen atoms in total. The molecular formula is C21H27F2N5O2. The first-order valence-electron chi connectivity index (χ1n) is 10.4. The molecule has 1 aromatic carbocycles. The van der Waals surface area contributed by atoms with E-state index in [0.717, 1.165) is 18.4 Å². The van der Waals surface area contributed by atoms with Crippen LogP contribution in [0.2, 0.25) is 0 Å². The molecule has 1 N–H and O–H groups in total. The summed E-state index contributed by atoms with van der Waals surface area (Å²) in [6, 6.07) is 6.55. The van der Waals surface area contributed by atoms with E-state index in [-0.39, 0.29) is 17.9 Å². The summed E-state index contributed by atoms with van der Waals surface area (Å²) in [5.74, 6) is 1.23. The zero-order valence-corrected chi connectivity index (χ0v) is 17.2. The molecule has 0 unspecified atom stereocenters. The van der Waals surface area contributed by atoms with Crippen molar-refractivity contribution >= 4 is 11.9 Å². The minimum absolute atomic E-state index is 0.0455. The smallest absolute Gasteiger partial charge is 0.263 e. The predicted molar refractivity (Wildman–Crippen MR) is 108 cm³/mol. The summed E-state index contributed by atoms with van der Waals surface area (Å²) >= 11 is 0. The number of ether oxygens (including phenoxy) is 1. The minimum atomic E-state index is -2.49. The van der Waals surface area contributed by atoms with E-state index >= 15 is 0 Å². The number of likely N-dealkylation sites (tertiary alicyclic amines) is 1. The van der Waals surface area contributed by atoms with Crippen molar-refractivity contribution in [2.45, 2.75) is 57.7 Å². The summed E-state index contributed by atoms with van der Waals surface area (Å²) < 4.78 is 34.1. The normalized spacial score (nSPS) is 23.0. The molecule has 4 rings (SSSR count). The van der Waals surface area contributed by atoms with Crippen molar-refractivity contribution in [1.82, 2.24) is 19.7 Å². The van der Waals surface area contributed by atoms with Gasteiger partial charge in [-0.2, -0.15) is 10.1 Å². The van der Waals surface area contributed by atoms with Crippen LogP contribution in [0.1, 0.15) is 37.8 Å². The summed E-state index contributed by atoms with van der Waals surface area (Å²) in [5, 5.41) is 7.19. The summed E-state index contributed by atoms with van der Waals surface area (Å²) in [6.07, 6.45) is 0.0571. The van der Waals surface area contributed by atoms with Crippen molar-refractivity contribution in [2.24, 2.45) is 5.92 Å². The Balaban J connectivity index is 1.32. The summed E-state index contributed by atoms with van der Waals surface area (Å²) in [5.41, 5.74) is 1.13. The van der Waals surface area contributed by atoms with Crippen molar-refractivity contribution in [3.05, 3.63) is 36.2 Å². The lowest BCUT2D eigenvalue weighted by Crippen LogP contribution is -2.48. The maximum absolute atomic E-state index is 13.5. The number of rotatable bonds is 5. The summed E-state index contributed by atoms with van der Waals surface area (Å²) in [6.45, 7) is 4.94. The van der Waals surface area contributed by atoms with Crippen molar-refractivity contribution in [1.29, 1.82) is 0 Å². The second-order valence-corrected chi connectivity index (χ2v) is 8.15. The van der Waals surface area contributed by atoms with Crippen LogP contribution in [0.5, 0.6) is 5.75 Å². The van der Waals surface area contributed by atoms with Gasteiger partial charge in [-0.1, -0.05) is 17.7 Å². The molecule has 1 fully saturated rings. The number of hydrogen-bond acceptors (Lipinski definition) is 5. The highest BCUT2D eigenvalue weighted by Gasteiger charge is 2.38. The fraction of sp³-hybridized carbons (Fsp3) is 0.571. The van der Waals surface area contributed by atoms with Gasteiger partial charge in [0.05, 0.1) is 0 Å². The van der Waals surface area contributed by atoms with Crippen LogP contribution in [-0.2, 0) is 4.79 Å². The van der Waals surface area contributed by atoms with E-state index in [0.29, 0.717) is 31.2 Å². The number of alkyl halides is 2. The predicted octanol–water partition coefficient (Wildman–Crippen LogP) is 3.28. The molecule has 30 heavy (non-hydrogen) atoms. The van der Waals surface area contributed by atoms with E-state index in [4.69, 9.17) is 4.74 Å². The molecule has 162 valence electrons. The number of halogens is 2. The number of fused-ring (bicyclic) bond motifs is 1. The number of aromatic nitrogens is 3. The van der Waals surface area contributed by atoms with Gasteiger partial charge in [0.25, 0.3) is 12.3 Å². The SMILES string of the molecule is Cc1ccc(O[C@@H](C)C(=O)N2CCC([C@@H]3C[C@H](C(F)F)n4ncnc4N3)CC2)cc1. The number of aryl methyl sites for hydroxylation is 1. The van der Waals surface area contributed by atoms with Gasteiger partial charge in [0.1, 0.15) is 18.1 Å². The molecule has 1 saturated heterocycles. The Bertz CT molecular complexity index is 865. The minimum Gasteiger partial charge on any atom is -0.481 e. The number of nitrogens with one attached hydrogen (secondary N) is 1. The first kappa shape index (κ1) is 20.6. The Morgan fingerprint density at radius 1 is 1.23 bits per heavy atom. The molecule has 2 aromatic rings. The molecule has 0 spiro atoms. The van der Waals surface area contributed by atoms with E-state index in [1.807, 2.05) is 36.1 Å². The molecule has 0 saturated carbocycles. The van der Waals surface area contributed by atoms with E-state index in [1.165, 1.54) is 11.0 Å².